The average Bonchev–Trinajstić information content (AvgIpc) is 1.90. The number of nitrogens with one attached hydrogen (secondary N) is 1. The largest absolute Gasteiger partial charge is 0.375 e. The van der Waals surface area contributed by atoms with Gasteiger partial charge in [0, 0.05) is 0 Å². The van der Waals surface area contributed by atoms with E-state index in [4.69, 9.17) is 11.8 Å². The fourth-order valence-corrected chi connectivity index (χ4v) is 1.42. The van der Waals surface area contributed by atoms with Crippen LogP contribution in [0.2, 0.25) is 0 Å². The quantitative estimate of drug-likeness (QED) is 0.436. The minimum Gasteiger partial charge on any atom is -0.375 e. The zero-order valence-corrected chi connectivity index (χ0v) is 6.12. The smallest absolute Gasteiger partial charge is 0.128 e. The summed E-state index contributed by atoms with van der Waals surface area (Å²) in [4.78, 5) is 2.41. The Balaban J connectivity index is 2.37. The molecule has 0 heterocycles. The van der Waals surface area contributed by atoms with Crippen molar-refractivity contribution in [2.75, 3.05) is 0 Å². The molecule has 0 aromatic rings. The van der Waals surface area contributed by atoms with Crippen LogP contribution in [0.1, 0.15) is 32.1 Å². The fraction of sp³-hybridized carbons (Fsp3) is 1.00. The first-order chi connectivity index (χ1) is 4.27. The van der Waals surface area contributed by atoms with Gasteiger partial charge in [-0.15, -0.1) is 0 Å². The summed E-state index contributed by atoms with van der Waals surface area (Å²) in [5.41, 5.74) is -0.764. The van der Waals surface area contributed by atoms with Crippen molar-refractivity contribution in [3.63, 3.8) is 0 Å². The second kappa shape index (κ2) is 2.86. The number of hydrogen-bond donors (Lipinski definition) is 2. The van der Waals surface area contributed by atoms with Crippen molar-refractivity contribution in [3.05, 3.63) is 0 Å². The molecule has 9 heavy (non-hydrogen) atoms. The van der Waals surface area contributed by atoms with Crippen LogP contribution in [0.4, 0.5) is 0 Å². The van der Waals surface area contributed by atoms with Crippen molar-refractivity contribution in [3.8, 4) is 0 Å². The van der Waals surface area contributed by atoms with Crippen LogP contribution in [-0.2, 0) is 0 Å². The Kier molecular flexibility index (Phi) is 2.33. The summed E-state index contributed by atoms with van der Waals surface area (Å²) in [5.74, 6) is 0. The first kappa shape index (κ1) is 7.32. The number of halogens is 1. The molecule has 0 atom stereocenters. The molecule has 0 unspecified atom stereocenters. The van der Waals surface area contributed by atoms with Crippen LogP contribution in [-0.4, -0.2) is 10.8 Å². The van der Waals surface area contributed by atoms with Crippen molar-refractivity contribution in [1.82, 2.24) is 4.84 Å². The molecule has 0 aromatic heterocycles. The van der Waals surface area contributed by atoms with Gasteiger partial charge >= 0.3 is 0 Å². The molecule has 0 aliphatic heterocycles. The molecule has 0 spiro atoms. The van der Waals surface area contributed by atoms with Gasteiger partial charge in [0.15, 0.2) is 0 Å². The molecule has 3 heteroatoms. The van der Waals surface area contributed by atoms with Gasteiger partial charge in [-0.2, -0.15) is 0 Å². The zero-order chi connectivity index (χ0) is 6.74. The van der Waals surface area contributed by atoms with E-state index in [1.165, 1.54) is 6.42 Å². The van der Waals surface area contributed by atoms with Gasteiger partial charge < -0.3 is 5.11 Å². The third-order valence-corrected chi connectivity index (χ3v) is 2.21. The second-order valence-corrected chi connectivity index (χ2v) is 2.88. The Morgan fingerprint density at radius 2 is 1.78 bits per heavy atom. The van der Waals surface area contributed by atoms with E-state index >= 15 is 0 Å². The summed E-state index contributed by atoms with van der Waals surface area (Å²) in [6.07, 6.45) is 4.96. The van der Waals surface area contributed by atoms with E-state index in [9.17, 15) is 5.11 Å². The third kappa shape index (κ3) is 1.81. The van der Waals surface area contributed by atoms with Crippen molar-refractivity contribution < 1.29 is 5.11 Å². The predicted octanol–water partition coefficient (Wildman–Crippen LogP) is 1.38. The molecule has 0 aromatic carbocycles. The van der Waals surface area contributed by atoms with E-state index in [2.05, 4.69) is 4.84 Å². The lowest BCUT2D eigenvalue weighted by molar-refractivity contribution is -0.00612. The first-order valence-corrected chi connectivity index (χ1v) is 3.75. The maximum atomic E-state index is 9.44. The molecule has 54 valence electrons. The highest BCUT2D eigenvalue weighted by Crippen LogP contribution is 2.25. The second-order valence-electron chi connectivity index (χ2n) is 2.69. The Hall–Kier alpha value is 0.210. The van der Waals surface area contributed by atoms with Crippen molar-refractivity contribution in [2.24, 2.45) is 0 Å². The number of rotatable bonds is 1. The van der Waals surface area contributed by atoms with E-state index < -0.39 is 5.72 Å². The topological polar surface area (TPSA) is 32.3 Å². The average molecular weight is 150 g/mol. The molecule has 2 N–H and O–H groups in total. The van der Waals surface area contributed by atoms with Crippen LogP contribution in [0.15, 0.2) is 0 Å². The van der Waals surface area contributed by atoms with Gasteiger partial charge in [0.2, 0.25) is 0 Å². The summed E-state index contributed by atoms with van der Waals surface area (Å²) < 4.78 is 0. The highest BCUT2D eigenvalue weighted by atomic mass is 35.5. The summed E-state index contributed by atoms with van der Waals surface area (Å²) in [6.45, 7) is 0. The molecule has 0 radical (unpaired) electrons. The van der Waals surface area contributed by atoms with E-state index in [1.807, 2.05) is 0 Å². The summed E-state index contributed by atoms with van der Waals surface area (Å²) in [7, 11) is 0. The Labute approximate surface area is 60.3 Å². The molecular weight excluding hydrogens is 138 g/mol. The van der Waals surface area contributed by atoms with Crippen LogP contribution in [0, 0.1) is 0 Å². The minimum absolute atomic E-state index is 0.764. The van der Waals surface area contributed by atoms with Crippen molar-refractivity contribution in [2.45, 2.75) is 37.8 Å². The Morgan fingerprint density at radius 3 is 2.11 bits per heavy atom. The molecule has 1 aliphatic carbocycles. The molecular formula is C6H12ClNO. The van der Waals surface area contributed by atoms with Crippen LogP contribution in [0.3, 0.4) is 0 Å². The molecule has 1 aliphatic rings. The summed E-state index contributed by atoms with van der Waals surface area (Å²) in [6, 6.07) is 0. The first-order valence-electron chi connectivity index (χ1n) is 3.37. The Morgan fingerprint density at radius 1 is 1.22 bits per heavy atom. The third-order valence-electron chi connectivity index (χ3n) is 1.86. The van der Waals surface area contributed by atoms with E-state index in [0.29, 0.717) is 0 Å². The van der Waals surface area contributed by atoms with Crippen molar-refractivity contribution >= 4 is 11.8 Å². The molecule has 0 saturated heterocycles. The van der Waals surface area contributed by atoms with E-state index in [1.54, 1.807) is 0 Å². The van der Waals surface area contributed by atoms with Crippen LogP contribution >= 0.6 is 11.8 Å². The minimum atomic E-state index is -0.764. The van der Waals surface area contributed by atoms with Gasteiger partial charge in [-0.05, 0) is 37.5 Å². The van der Waals surface area contributed by atoms with Crippen LogP contribution < -0.4 is 4.84 Å². The maximum absolute atomic E-state index is 9.44. The summed E-state index contributed by atoms with van der Waals surface area (Å²) in [5, 5.41) is 9.44. The molecule has 0 bridgehead atoms. The van der Waals surface area contributed by atoms with Gasteiger partial charge in [0.1, 0.15) is 5.72 Å². The molecule has 1 rings (SSSR count). The molecule has 1 fully saturated rings. The lowest BCUT2D eigenvalue weighted by Crippen LogP contribution is -2.41. The zero-order valence-electron chi connectivity index (χ0n) is 5.36. The number of aliphatic hydroxyl groups is 1. The monoisotopic (exact) mass is 149 g/mol. The fourth-order valence-electron chi connectivity index (χ4n) is 1.23. The van der Waals surface area contributed by atoms with E-state index in [-0.39, 0.29) is 0 Å². The van der Waals surface area contributed by atoms with Gasteiger partial charge in [0.05, 0.1) is 0 Å². The van der Waals surface area contributed by atoms with Gasteiger partial charge in [-0.3, -0.25) is 0 Å². The normalized spacial score (nSPS) is 26.0. The molecule has 1 saturated carbocycles. The lowest BCUT2D eigenvalue weighted by Gasteiger charge is -2.29. The van der Waals surface area contributed by atoms with Gasteiger partial charge in [-0.25, -0.2) is 4.84 Å². The standard InChI is InChI=1S/C6H12ClNO/c7-8-6(9)4-2-1-3-5-6/h8-9H,1-5H2. The predicted molar refractivity (Wildman–Crippen MR) is 37.0 cm³/mol. The highest BCUT2D eigenvalue weighted by molar-refractivity contribution is 6.13. The van der Waals surface area contributed by atoms with Crippen molar-refractivity contribution in [1.29, 1.82) is 0 Å². The van der Waals surface area contributed by atoms with Crippen LogP contribution in [0.25, 0.3) is 0 Å². The van der Waals surface area contributed by atoms with Crippen LogP contribution in [0.5, 0.6) is 0 Å². The maximum Gasteiger partial charge on any atom is 0.128 e. The highest BCUT2D eigenvalue weighted by Gasteiger charge is 2.27. The molecule has 2 nitrogen and oxygen atoms in total. The SMILES string of the molecule is OC1(NCl)CCCCC1. The van der Waals surface area contributed by atoms with Gasteiger partial charge in [0.25, 0.3) is 0 Å². The summed E-state index contributed by atoms with van der Waals surface area (Å²) >= 11 is 5.32. The van der Waals surface area contributed by atoms with E-state index in [0.717, 1.165) is 25.7 Å². The molecule has 0 amide bonds. The van der Waals surface area contributed by atoms with Gasteiger partial charge in [-0.1, -0.05) is 6.42 Å². The number of hydrogen-bond acceptors (Lipinski definition) is 2. The Bertz CT molecular complexity index is 91.1. The lowest BCUT2D eigenvalue weighted by atomic mass is 9.93.